The molecule has 1 aliphatic rings. The first-order valence-corrected chi connectivity index (χ1v) is 16.5. The lowest BCUT2D eigenvalue weighted by atomic mass is 9.73. The fraction of sp³-hybridized carbons (Fsp3) is 0.222. The van der Waals surface area contributed by atoms with Crippen LogP contribution < -0.4 is 5.32 Å². The molecule has 0 spiro atoms. The number of thiazole rings is 1. The molecule has 6 rings (SSSR count). The predicted molar refractivity (Wildman–Crippen MR) is 174 cm³/mol. The molecule has 5 aromatic rings. The number of aromatic nitrogens is 1. The summed E-state index contributed by atoms with van der Waals surface area (Å²) in [6.45, 7) is -1.35. The monoisotopic (exact) mass is 628 g/mol. The minimum atomic E-state index is -4.48. The number of carbonyl (C=O) groups is 1. The Hall–Kier alpha value is -3.88. The highest BCUT2D eigenvalue weighted by Crippen LogP contribution is 2.51. The Morgan fingerprint density at radius 1 is 0.750 bits per heavy atom. The summed E-state index contributed by atoms with van der Waals surface area (Å²) >= 11 is 3.42. The second kappa shape index (κ2) is 13.0. The highest BCUT2D eigenvalue weighted by molar-refractivity contribution is 8.01. The molecule has 0 saturated carbocycles. The third kappa shape index (κ3) is 6.19. The number of fused-ring (bicyclic) bond motifs is 3. The van der Waals surface area contributed by atoms with Crippen LogP contribution in [0.4, 0.5) is 13.2 Å². The van der Waals surface area contributed by atoms with E-state index in [1.807, 2.05) is 84.9 Å². The van der Waals surface area contributed by atoms with Crippen molar-refractivity contribution in [3.8, 4) is 32.8 Å². The third-order valence-electron chi connectivity index (χ3n) is 8.01. The molecule has 8 heteroatoms. The minimum absolute atomic E-state index is 0.433. The maximum atomic E-state index is 13.7. The van der Waals surface area contributed by atoms with Gasteiger partial charge in [-0.05, 0) is 40.7 Å². The highest BCUT2D eigenvalue weighted by Gasteiger charge is 2.49. The molecule has 0 atom stereocenters. The van der Waals surface area contributed by atoms with Crippen LogP contribution in [0.25, 0.3) is 32.8 Å². The van der Waals surface area contributed by atoms with Gasteiger partial charge in [-0.25, -0.2) is 4.98 Å². The lowest BCUT2D eigenvalue weighted by Crippen LogP contribution is -2.47. The second-order valence-corrected chi connectivity index (χ2v) is 13.2. The van der Waals surface area contributed by atoms with Gasteiger partial charge in [-0.3, -0.25) is 4.79 Å². The van der Waals surface area contributed by atoms with Crippen LogP contribution in [-0.4, -0.2) is 29.4 Å². The molecule has 224 valence electrons. The topological polar surface area (TPSA) is 42.0 Å². The molecule has 0 fully saturated rings. The van der Waals surface area contributed by atoms with Gasteiger partial charge >= 0.3 is 6.18 Å². The summed E-state index contributed by atoms with van der Waals surface area (Å²) in [7, 11) is 0. The number of amides is 1. The smallest absolute Gasteiger partial charge is 0.346 e. The molecule has 1 N–H and O–H groups in total. The SMILES string of the molecule is O=C(NCC(F)(F)F)C1(CCCCCSc2nc(-c3ccccc3)c(-c3ccccc3)s2)c2ccccc2-c2ccccc21. The number of halogens is 3. The number of alkyl halides is 3. The third-order valence-corrected chi connectivity index (χ3v) is 10.3. The largest absolute Gasteiger partial charge is 0.405 e. The van der Waals surface area contributed by atoms with E-state index < -0.39 is 24.0 Å². The molecule has 0 saturated heterocycles. The van der Waals surface area contributed by atoms with Crippen molar-refractivity contribution in [3.05, 3.63) is 120 Å². The number of carbonyl (C=O) groups excluding carboxylic acids is 1. The molecule has 1 heterocycles. The molecule has 0 radical (unpaired) electrons. The first kappa shape index (κ1) is 30.2. The van der Waals surface area contributed by atoms with E-state index in [9.17, 15) is 18.0 Å². The molecule has 1 aromatic heterocycles. The fourth-order valence-electron chi connectivity index (χ4n) is 6.05. The molecule has 0 unspecified atom stereocenters. The van der Waals surface area contributed by atoms with Gasteiger partial charge in [-0.15, -0.1) is 11.3 Å². The van der Waals surface area contributed by atoms with E-state index in [0.717, 1.165) is 66.9 Å². The molecule has 44 heavy (non-hydrogen) atoms. The summed E-state index contributed by atoms with van der Waals surface area (Å²) in [5.41, 5.74) is 5.42. The summed E-state index contributed by atoms with van der Waals surface area (Å²) in [6, 6.07) is 35.7. The van der Waals surface area contributed by atoms with Crippen LogP contribution in [0, 0.1) is 0 Å². The van der Waals surface area contributed by atoms with Gasteiger partial charge in [0.25, 0.3) is 0 Å². The Labute approximate surface area is 263 Å². The molecule has 0 aliphatic heterocycles. The molecule has 0 bridgehead atoms. The Kier molecular flexibility index (Phi) is 8.91. The Morgan fingerprint density at radius 2 is 1.32 bits per heavy atom. The van der Waals surface area contributed by atoms with Crippen LogP contribution in [0.2, 0.25) is 0 Å². The average molecular weight is 629 g/mol. The number of benzene rings is 4. The molecule has 1 amide bonds. The maximum absolute atomic E-state index is 13.7. The van der Waals surface area contributed by atoms with E-state index in [1.54, 1.807) is 23.1 Å². The second-order valence-electron chi connectivity index (χ2n) is 10.8. The zero-order valence-corrected chi connectivity index (χ0v) is 25.6. The van der Waals surface area contributed by atoms with Gasteiger partial charge in [0.15, 0.2) is 4.34 Å². The van der Waals surface area contributed by atoms with Crippen molar-refractivity contribution >= 4 is 29.0 Å². The van der Waals surface area contributed by atoms with Crippen molar-refractivity contribution < 1.29 is 18.0 Å². The van der Waals surface area contributed by atoms with E-state index in [4.69, 9.17) is 4.98 Å². The van der Waals surface area contributed by atoms with Crippen molar-refractivity contribution in [1.82, 2.24) is 10.3 Å². The zero-order valence-electron chi connectivity index (χ0n) is 23.9. The van der Waals surface area contributed by atoms with E-state index in [1.165, 1.54) is 0 Å². The lowest BCUT2D eigenvalue weighted by molar-refractivity contribution is -0.141. The quantitative estimate of drug-likeness (QED) is 0.117. The first-order chi connectivity index (χ1) is 21.4. The van der Waals surface area contributed by atoms with Gasteiger partial charge in [-0.2, -0.15) is 13.2 Å². The molecular formula is C36H31F3N2OS2. The van der Waals surface area contributed by atoms with Crippen molar-refractivity contribution in [2.75, 3.05) is 12.3 Å². The van der Waals surface area contributed by atoms with E-state index in [0.29, 0.717) is 12.8 Å². The predicted octanol–water partition coefficient (Wildman–Crippen LogP) is 9.77. The fourth-order valence-corrected chi connectivity index (χ4v) is 8.29. The molecule has 4 aromatic carbocycles. The lowest BCUT2D eigenvalue weighted by Gasteiger charge is -2.31. The number of nitrogens with one attached hydrogen (secondary N) is 1. The van der Waals surface area contributed by atoms with E-state index >= 15 is 0 Å². The van der Waals surface area contributed by atoms with Crippen molar-refractivity contribution in [2.24, 2.45) is 0 Å². The normalized spacial score (nSPS) is 13.3. The van der Waals surface area contributed by atoms with Crippen LogP contribution in [0.15, 0.2) is 114 Å². The van der Waals surface area contributed by atoms with Gasteiger partial charge in [0, 0.05) is 11.3 Å². The zero-order chi connectivity index (χ0) is 30.6. The number of thioether (sulfide) groups is 1. The van der Waals surface area contributed by atoms with Crippen LogP contribution in [0.3, 0.4) is 0 Å². The van der Waals surface area contributed by atoms with E-state index in [2.05, 4.69) is 29.6 Å². The first-order valence-electron chi connectivity index (χ1n) is 14.7. The Bertz CT molecular complexity index is 1630. The molecule has 1 aliphatic carbocycles. The number of rotatable bonds is 11. The highest BCUT2D eigenvalue weighted by atomic mass is 32.2. The van der Waals surface area contributed by atoms with Crippen LogP contribution in [-0.2, 0) is 10.2 Å². The Balaban J connectivity index is 1.15. The molecule has 3 nitrogen and oxygen atoms in total. The van der Waals surface area contributed by atoms with Gasteiger partial charge < -0.3 is 5.32 Å². The van der Waals surface area contributed by atoms with Gasteiger partial charge in [-0.1, -0.05) is 134 Å². The molecular weight excluding hydrogens is 598 g/mol. The number of nitrogens with zero attached hydrogens (tertiary/aromatic N) is 1. The van der Waals surface area contributed by atoms with Gasteiger partial charge in [0.1, 0.15) is 12.0 Å². The summed E-state index contributed by atoms with van der Waals surface area (Å²) in [5.74, 6) is 0.266. The van der Waals surface area contributed by atoms with Crippen LogP contribution >= 0.6 is 23.1 Å². The summed E-state index contributed by atoms with van der Waals surface area (Å²) in [5, 5.41) is 2.22. The van der Waals surface area contributed by atoms with Crippen LogP contribution in [0.1, 0.15) is 36.8 Å². The minimum Gasteiger partial charge on any atom is -0.346 e. The number of hydrogen-bond acceptors (Lipinski definition) is 4. The van der Waals surface area contributed by atoms with Crippen molar-refractivity contribution in [2.45, 2.75) is 41.6 Å². The van der Waals surface area contributed by atoms with Gasteiger partial charge in [0.2, 0.25) is 5.91 Å². The summed E-state index contributed by atoms with van der Waals surface area (Å²) in [4.78, 5) is 19.8. The Morgan fingerprint density at radius 3 is 1.93 bits per heavy atom. The summed E-state index contributed by atoms with van der Waals surface area (Å²) < 4.78 is 40.5. The maximum Gasteiger partial charge on any atom is 0.405 e. The standard InChI is InChI=1S/C36H31F3N2OS2/c37-36(38,39)24-40-33(42)35(29-20-10-8-18-27(29)28-19-9-11-21-30(28)35)22-12-3-13-23-43-34-41-31(25-14-4-1-5-15-25)32(44-34)26-16-6-2-7-17-26/h1-2,4-11,14-21H,3,12-13,22-24H2,(H,40,42). The summed E-state index contributed by atoms with van der Waals surface area (Å²) in [6.07, 6.45) is -1.61. The van der Waals surface area contributed by atoms with Crippen molar-refractivity contribution in [1.29, 1.82) is 0 Å². The van der Waals surface area contributed by atoms with Crippen molar-refractivity contribution in [3.63, 3.8) is 0 Å². The van der Waals surface area contributed by atoms with E-state index in [-0.39, 0.29) is 0 Å². The number of unbranched alkanes of at least 4 members (excludes halogenated alkanes) is 2. The number of hydrogen-bond donors (Lipinski definition) is 1. The average Bonchev–Trinajstić information content (AvgIpc) is 3.60. The van der Waals surface area contributed by atoms with Gasteiger partial charge in [0.05, 0.1) is 10.6 Å². The van der Waals surface area contributed by atoms with Crippen LogP contribution in [0.5, 0.6) is 0 Å².